The average molecular weight is 499 g/mol. The molecule has 1 unspecified atom stereocenters. The third-order valence-corrected chi connectivity index (χ3v) is 7.04. The van der Waals surface area contributed by atoms with E-state index in [0.29, 0.717) is 19.5 Å². The largest absolute Gasteiger partial charge is 0.497 e. The molecule has 1 aliphatic heterocycles. The monoisotopic (exact) mass is 498 g/mol. The predicted octanol–water partition coefficient (Wildman–Crippen LogP) is 4.62. The van der Waals surface area contributed by atoms with Gasteiger partial charge >= 0.3 is 0 Å². The molecule has 0 saturated carbocycles. The Morgan fingerprint density at radius 3 is 2.41 bits per heavy atom. The zero-order valence-electron chi connectivity index (χ0n) is 21.8. The van der Waals surface area contributed by atoms with Crippen LogP contribution in [-0.2, 0) is 11.2 Å². The first-order valence-corrected chi connectivity index (χ1v) is 13.0. The maximum Gasteiger partial charge on any atom is 0.227 e. The second kappa shape index (κ2) is 11.0. The van der Waals surface area contributed by atoms with Gasteiger partial charge in [-0.2, -0.15) is 5.10 Å². The van der Waals surface area contributed by atoms with E-state index in [1.807, 2.05) is 70.4 Å². The van der Waals surface area contributed by atoms with E-state index >= 15 is 0 Å². The Kier molecular flexibility index (Phi) is 7.35. The minimum atomic E-state index is 0.145. The van der Waals surface area contributed by atoms with Crippen LogP contribution in [0.2, 0.25) is 0 Å². The minimum Gasteiger partial charge on any atom is -0.497 e. The minimum absolute atomic E-state index is 0.145. The van der Waals surface area contributed by atoms with Crippen LogP contribution >= 0.6 is 0 Å². The van der Waals surface area contributed by atoms with Crippen LogP contribution in [0, 0.1) is 0 Å². The molecule has 37 heavy (non-hydrogen) atoms. The molecule has 1 amide bonds. The van der Waals surface area contributed by atoms with Crippen molar-refractivity contribution in [2.24, 2.45) is 0 Å². The van der Waals surface area contributed by atoms with Crippen molar-refractivity contribution in [2.75, 3.05) is 38.2 Å². The SMILES string of the molecule is CCCC(C)c1nc(N2CCN(C(=O)Cc3ccc(OC)cc3)CC2)c2cnn(-c3ccccc3)c2n1. The van der Waals surface area contributed by atoms with Crippen molar-refractivity contribution in [1.29, 1.82) is 0 Å². The predicted molar refractivity (Wildman–Crippen MR) is 145 cm³/mol. The fourth-order valence-corrected chi connectivity index (χ4v) is 4.89. The highest BCUT2D eigenvalue weighted by molar-refractivity contribution is 5.88. The number of para-hydroxylation sites is 1. The summed E-state index contributed by atoms with van der Waals surface area (Å²) in [6.45, 7) is 7.14. The molecule has 0 aliphatic carbocycles. The van der Waals surface area contributed by atoms with E-state index in [1.54, 1.807) is 7.11 Å². The molecule has 0 bridgehead atoms. The summed E-state index contributed by atoms with van der Waals surface area (Å²) in [6.07, 6.45) is 4.36. The Labute approximate surface area is 217 Å². The number of carbonyl (C=O) groups excluding carboxylic acids is 1. The number of fused-ring (bicyclic) bond motifs is 1. The lowest BCUT2D eigenvalue weighted by molar-refractivity contribution is -0.130. The first kappa shape index (κ1) is 24.7. The summed E-state index contributed by atoms with van der Waals surface area (Å²) in [5.74, 6) is 2.95. The molecule has 0 N–H and O–H groups in total. The highest BCUT2D eigenvalue weighted by Crippen LogP contribution is 2.29. The molecule has 0 spiro atoms. The van der Waals surface area contributed by atoms with E-state index < -0.39 is 0 Å². The van der Waals surface area contributed by atoms with Crippen LogP contribution < -0.4 is 9.64 Å². The average Bonchev–Trinajstić information content (AvgIpc) is 3.38. The Hall–Kier alpha value is -3.94. The fraction of sp³-hybridized carbons (Fsp3) is 0.379. The van der Waals surface area contributed by atoms with Gasteiger partial charge in [0.2, 0.25) is 5.91 Å². The van der Waals surface area contributed by atoms with Gasteiger partial charge in [0, 0.05) is 32.1 Å². The highest BCUT2D eigenvalue weighted by atomic mass is 16.5. The topological polar surface area (TPSA) is 76.4 Å². The van der Waals surface area contributed by atoms with Crippen molar-refractivity contribution in [1.82, 2.24) is 24.6 Å². The number of amides is 1. The van der Waals surface area contributed by atoms with Crippen molar-refractivity contribution >= 4 is 22.8 Å². The number of methoxy groups -OCH3 is 1. The van der Waals surface area contributed by atoms with Crippen LogP contribution in [0.4, 0.5) is 5.82 Å². The number of aromatic nitrogens is 4. The lowest BCUT2D eigenvalue weighted by atomic mass is 10.1. The molecule has 4 aromatic rings. The molecule has 5 rings (SSSR count). The fourth-order valence-electron chi connectivity index (χ4n) is 4.89. The third kappa shape index (κ3) is 5.28. The highest BCUT2D eigenvalue weighted by Gasteiger charge is 2.26. The van der Waals surface area contributed by atoms with Gasteiger partial charge in [-0.25, -0.2) is 14.6 Å². The zero-order valence-corrected chi connectivity index (χ0v) is 21.8. The summed E-state index contributed by atoms with van der Waals surface area (Å²) in [5.41, 5.74) is 2.80. The summed E-state index contributed by atoms with van der Waals surface area (Å²) >= 11 is 0. The van der Waals surface area contributed by atoms with Crippen molar-refractivity contribution in [2.45, 2.75) is 39.0 Å². The normalized spacial score (nSPS) is 14.7. The van der Waals surface area contributed by atoms with E-state index in [9.17, 15) is 4.79 Å². The molecule has 1 fully saturated rings. The number of benzene rings is 2. The molecular formula is C29H34N6O2. The molecular weight excluding hydrogens is 464 g/mol. The molecule has 2 aromatic heterocycles. The molecule has 1 atom stereocenters. The summed E-state index contributed by atoms with van der Waals surface area (Å²) in [7, 11) is 1.64. The molecule has 0 radical (unpaired) electrons. The number of piperazine rings is 1. The standard InChI is InChI=1S/C29H34N6O2/c1-4-8-21(2)27-31-28(25-20-30-35(29(25)32-27)23-9-6-5-7-10-23)34-17-15-33(16-18-34)26(36)19-22-11-13-24(37-3)14-12-22/h5-7,9-14,20-21H,4,8,15-19H2,1-3H3. The molecule has 8 nitrogen and oxygen atoms in total. The van der Waals surface area contributed by atoms with Gasteiger partial charge in [0.15, 0.2) is 5.65 Å². The van der Waals surface area contributed by atoms with Crippen molar-refractivity contribution in [3.63, 3.8) is 0 Å². The van der Waals surface area contributed by atoms with Gasteiger partial charge in [-0.15, -0.1) is 0 Å². The second-order valence-corrected chi connectivity index (χ2v) is 9.62. The Balaban J connectivity index is 1.37. The van der Waals surface area contributed by atoms with Crippen LogP contribution in [-0.4, -0.2) is 63.8 Å². The lowest BCUT2D eigenvalue weighted by Crippen LogP contribution is -2.49. The van der Waals surface area contributed by atoms with E-state index in [1.165, 1.54) is 0 Å². The summed E-state index contributed by atoms with van der Waals surface area (Å²) in [5, 5.41) is 5.62. The summed E-state index contributed by atoms with van der Waals surface area (Å²) in [4.78, 5) is 27.2. The zero-order chi connectivity index (χ0) is 25.8. The number of ether oxygens (including phenoxy) is 1. The van der Waals surface area contributed by atoms with Crippen LogP contribution in [0.25, 0.3) is 16.7 Å². The van der Waals surface area contributed by atoms with Gasteiger partial charge in [0.25, 0.3) is 0 Å². The van der Waals surface area contributed by atoms with Gasteiger partial charge < -0.3 is 14.5 Å². The first-order chi connectivity index (χ1) is 18.1. The Morgan fingerprint density at radius 2 is 1.73 bits per heavy atom. The first-order valence-electron chi connectivity index (χ1n) is 13.0. The van der Waals surface area contributed by atoms with Crippen molar-refractivity contribution < 1.29 is 9.53 Å². The number of hydrogen-bond acceptors (Lipinski definition) is 6. The van der Waals surface area contributed by atoms with Crippen molar-refractivity contribution in [3.8, 4) is 11.4 Å². The van der Waals surface area contributed by atoms with Crippen LogP contribution in [0.3, 0.4) is 0 Å². The van der Waals surface area contributed by atoms with E-state index in [2.05, 4.69) is 23.8 Å². The number of rotatable bonds is 8. The van der Waals surface area contributed by atoms with E-state index in [0.717, 1.165) is 65.6 Å². The number of anilines is 1. The van der Waals surface area contributed by atoms with Gasteiger partial charge in [-0.05, 0) is 36.2 Å². The molecule has 192 valence electrons. The quantitative estimate of drug-likeness (QED) is 0.353. The van der Waals surface area contributed by atoms with E-state index in [4.69, 9.17) is 14.7 Å². The van der Waals surface area contributed by atoms with Crippen LogP contribution in [0.15, 0.2) is 60.8 Å². The van der Waals surface area contributed by atoms with Gasteiger partial charge in [-0.3, -0.25) is 4.79 Å². The molecule has 1 saturated heterocycles. The van der Waals surface area contributed by atoms with Crippen molar-refractivity contribution in [3.05, 3.63) is 72.2 Å². The molecule has 3 heterocycles. The van der Waals surface area contributed by atoms with E-state index in [-0.39, 0.29) is 11.8 Å². The Morgan fingerprint density at radius 1 is 1.00 bits per heavy atom. The third-order valence-electron chi connectivity index (χ3n) is 7.04. The smallest absolute Gasteiger partial charge is 0.227 e. The van der Waals surface area contributed by atoms with Gasteiger partial charge in [0.1, 0.15) is 17.4 Å². The second-order valence-electron chi connectivity index (χ2n) is 9.62. The van der Waals surface area contributed by atoms with Gasteiger partial charge in [0.05, 0.1) is 30.8 Å². The Bertz CT molecular complexity index is 1340. The summed E-state index contributed by atoms with van der Waals surface area (Å²) in [6, 6.07) is 17.8. The molecule has 8 heteroatoms. The number of carbonyl (C=O) groups is 1. The summed E-state index contributed by atoms with van der Waals surface area (Å²) < 4.78 is 7.12. The van der Waals surface area contributed by atoms with Crippen LogP contribution in [0.5, 0.6) is 5.75 Å². The maximum atomic E-state index is 13.0. The van der Waals surface area contributed by atoms with Gasteiger partial charge in [-0.1, -0.05) is 50.6 Å². The lowest BCUT2D eigenvalue weighted by Gasteiger charge is -2.36. The number of nitrogens with zero attached hydrogens (tertiary/aromatic N) is 6. The maximum absolute atomic E-state index is 13.0. The van der Waals surface area contributed by atoms with Crippen LogP contribution in [0.1, 0.15) is 44.0 Å². The molecule has 1 aliphatic rings. The molecule has 2 aromatic carbocycles. The number of hydrogen-bond donors (Lipinski definition) is 0.